The van der Waals surface area contributed by atoms with Gasteiger partial charge in [-0.25, -0.2) is 13.6 Å². The van der Waals surface area contributed by atoms with Crippen molar-refractivity contribution in [2.75, 3.05) is 0 Å². The molecule has 1 rings (SSSR count). The monoisotopic (exact) mass is 338 g/mol. The average Bonchev–Trinajstić information content (AvgIpc) is 2.01. The molecule has 2 N–H and O–H groups in total. The van der Waals surface area contributed by atoms with Crippen LogP contribution >= 0.6 is 31.9 Å². The van der Waals surface area contributed by atoms with Gasteiger partial charge in [-0.05, 0) is 28.1 Å². The fraction of sp³-hybridized carbons (Fsp3) is 0. The lowest BCUT2D eigenvalue weighted by Gasteiger charge is -2.03. The van der Waals surface area contributed by atoms with Gasteiger partial charge < -0.3 is 0 Å². The zero-order valence-corrected chi connectivity index (χ0v) is 10.6. The third-order valence-electron chi connectivity index (χ3n) is 1.44. The largest absolute Gasteiger partial charge is 0.239 e. The Kier molecular flexibility index (Phi) is 3.32. The molecule has 1 aromatic carbocycles. The topological polar surface area (TPSA) is 83.9 Å². The molecular weight excluding hydrogens is 336 g/mol. The zero-order chi connectivity index (χ0) is 10.9. The second-order valence-electron chi connectivity index (χ2n) is 2.42. The van der Waals surface area contributed by atoms with Gasteiger partial charge in [-0.1, -0.05) is 15.9 Å². The molecule has 0 aromatic heterocycles. The van der Waals surface area contributed by atoms with Crippen molar-refractivity contribution in [3.05, 3.63) is 26.6 Å². The highest BCUT2D eigenvalue weighted by Crippen LogP contribution is 2.27. The van der Waals surface area contributed by atoms with E-state index in [9.17, 15) is 8.42 Å². The normalized spacial score (nSPS) is 11.0. The standard InChI is InChI=1S/C7H4Br2N2O2S/c8-4-1-6(9)5(3-10)7(2-4)14(11,12)13/h1-2H,(H2,11,12,13). The number of hydrogen-bond donors (Lipinski definition) is 1. The first-order valence-electron chi connectivity index (χ1n) is 3.28. The molecule has 0 saturated heterocycles. The Hall–Kier alpha value is -0.420. The lowest BCUT2D eigenvalue weighted by molar-refractivity contribution is 0.597. The van der Waals surface area contributed by atoms with Crippen LogP contribution in [0.15, 0.2) is 26.0 Å². The minimum atomic E-state index is -3.87. The van der Waals surface area contributed by atoms with Crippen LogP contribution in [0.25, 0.3) is 0 Å². The van der Waals surface area contributed by atoms with Crippen molar-refractivity contribution >= 4 is 41.9 Å². The van der Waals surface area contributed by atoms with Gasteiger partial charge >= 0.3 is 0 Å². The quantitative estimate of drug-likeness (QED) is 0.845. The number of rotatable bonds is 1. The predicted octanol–water partition coefficient (Wildman–Crippen LogP) is 1.73. The van der Waals surface area contributed by atoms with Crippen LogP contribution in [-0.4, -0.2) is 8.42 Å². The second-order valence-corrected chi connectivity index (χ2v) is 5.72. The molecule has 4 nitrogen and oxygen atoms in total. The van der Waals surface area contributed by atoms with Gasteiger partial charge in [-0.3, -0.25) is 0 Å². The van der Waals surface area contributed by atoms with Crippen LogP contribution in [0.5, 0.6) is 0 Å². The third-order valence-corrected chi connectivity index (χ3v) is 3.46. The van der Waals surface area contributed by atoms with Crippen molar-refractivity contribution in [1.29, 1.82) is 5.26 Å². The summed E-state index contributed by atoms with van der Waals surface area (Å²) in [6.45, 7) is 0. The highest BCUT2D eigenvalue weighted by Gasteiger charge is 2.17. The molecule has 0 amide bonds. The maximum absolute atomic E-state index is 11.1. The minimum Gasteiger partial charge on any atom is -0.225 e. The van der Waals surface area contributed by atoms with E-state index in [2.05, 4.69) is 31.9 Å². The molecular formula is C7H4Br2N2O2S. The minimum absolute atomic E-state index is 0.00991. The molecule has 0 aliphatic rings. The SMILES string of the molecule is N#Cc1c(Br)cc(Br)cc1S(N)(=O)=O. The smallest absolute Gasteiger partial charge is 0.225 e. The second kappa shape index (κ2) is 3.98. The Morgan fingerprint density at radius 2 is 1.93 bits per heavy atom. The van der Waals surface area contributed by atoms with Gasteiger partial charge in [0, 0.05) is 8.95 Å². The molecule has 0 heterocycles. The summed E-state index contributed by atoms with van der Waals surface area (Å²) in [5.41, 5.74) is 0.00991. The molecule has 1 aromatic rings. The van der Waals surface area contributed by atoms with Crippen molar-refractivity contribution < 1.29 is 8.42 Å². The van der Waals surface area contributed by atoms with Gasteiger partial charge in [-0.2, -0.15) is 5.26 Å². The van der Waals surface area contributed by atoms with E-state index in [0.29, 0.717) is 8.95 Å². The first kappa shape index (κ1) is 11.7. The van der Waals surface area contributed by atoms with E-state index in [1.165, 1.54) is 6.07 Å². The number of halogens is 2. The van der Waals surface area contributed by atoms with Crippen molar-refractivity contribution in [2.24, 2.45) is 5.14 Å². The van der Waals surface area contributed by atoms with Crippen molar-refractivity contribution in [1.82, 2.24) is 0 Å². The molecule has 0 fully saturated rings. The molecule has 0 spiro atoms. The molecule has 74 valence electrons. The molecule has 0 atom stereocenters. The Balaban J connectivity index is 3.68. The molecule has 0 aliphatic carbocycles. The zero-order valence-electron chi connectivity index (χ0n) is 6.66. The first-order chi connectivity index (χ1) is 6.36. The third kappa shape index (κ3) is 2.33. The maximum Gasteiger partial charge on any atom is 0.239 e. The van der Waals surface area contributed by atoms with Crippen molar-refractivity contribution in [3.8, 4) is 6.07 Å². The number of sulfonamides is 1. The van der Waals surface area contributed by atoms with Gasteiger partial charge in [0.15, 0.2) is 0 Å². The van der Waals surface area contributed by atoms with Gasteiger partial charge in [0.1, 0.15) is 11.0 Å². The van der Waals surface area contributed by atoms with E-state index in [4.69, 9.17) is 10.4 Å². The molecule has 0 bridgehead atoms. The predicted molar refractivity (Wildman–Crippen MR) is 57.9 cm³/mol. The number of nitrogens with zero attached hydrogens (tertiary/aromatic N) is 1. The van der Waals surface area contributed by atoms with Crippen LogP contribution in [0, 0.1) is 11.3 Å². The van der Waals surface area contributed by atoms with Crippen LogP contribution in [0.4, 0.5) is 0 Å². The summed E-state index contributed by atoms with van der Waals surface area (Å²) in [7, 11) is -3.87. The summed E-state index contributed by atoms with van der Waals surface area (Å²) < 4.78 is 23.1. The van der Waals surface area contributed by atoms with E-state index < -0.39 is 10.0 Å². The Morgan fingerprint density at radius 1 is 1.36 bits per heavy atom. The van der Waals surface area contributed by atoms with E-state index in [1.54, 1.807) is 12.1 Å². The van der Waals surface area contributed by atoms with Crippen LogP contribution in [0.1, 0.15) is 5.56 Å². The number of hydrogen-bond acceptors (Lipinski definition) is 3. The lowest BCUT2D eigenvalue weighted by atomic mass is 10.2. The summed E-state index contributed by atoms with van der Waals surface area (Å²) in [6, 6.07) is 4.64. The van der Waals surface area contributed by atoms with Gasteiger partial charge in [0.05, 0.1) is 5.56 Å². The Morgan fingerprint density at radius 3 is 2.36 bits per heavy atom. The van der Waals surface area contributed by atoms with Gasteiger partial charge in [-0.15, -0.1) is 0 Å². The van der Waals surface area contributed by atoms with Crippen LogP contribution < -0.4 is 5.14 Å². The average molecular weight is 340 g/mol. The summed E-state index contributed by atoms with van der Waals surface area (Å²) >= 11 is 6.19. The first-order valence-corrected chi connectivity index (χ1v) is 6.41. The molecule has 0 saturated carbocycles. The number of nitrogens with two attached hydrogens (primary N) is 1. The van der Waals surface area contributed by atoms with E-state index >= 15 is 0 Å². The fourth-order valence-corrected chi connectivity index (χ4v) is 3.21. The lowest BCUT2D eigenvalue weighted by Crippen LogP contribution is -2.14. The van der Waals surface area contributed by atoms with Crippen LogP contribution in [0.3, 0.4) is 0 Å². The molecule has 14 heavy (non-hydrogen) atoms. The number of nitriles is 1. The molecule has 0 radical (unpaired) electrons. The highest BCUT2D eigenvalue weighted by atomic mass is 79.9. The molecule has 0 aliphatic heterocycles. The summed E-state index contributed by atoms with van der Waals surface area (Å²) in [5, 5.41) is 13.7. The van der Waals surface area contributed by atoms with Crippen LogP contribution in [-0.2, 0) is 10.0 Å². The molecule has 7 heteroatoms. The number of benzene rings is 1. The highest BCUT2D eigenvalue weighted by molar-refractivity contribution is 9.11. The van der Waals surface area contributed by atoms with Crippen molar-refractivity contribution in [2.45, 2.75) is 4.90 Å². The van der Waals surface area contributed by atoms with E-state index in [-0.39, 0.29) is 10.5 Å². The maximum atomic E-state index is 11.1. The van der Waals surface area contributed by atoms with Gasteiger partial charge in [0.2, 0.25) is 10.0 Å². The van der Waals surface area contributed by atoms with Crippen LogP contribution in [0.2, 0.25) is 0 Å². The summed E-state index contributed by atoms with van der Waals surface area (Å²) in [6.07, 6.45) is 0. The van der Waals surface area contributed by atoms with E-state index in [0.717, 1.165) is 0 Å². The van der Waals surface area contributed by atoms with Gasteiger partial charge in [0.25, 0.3) is 0 Å². The molecule has 0 unspecified atom stereocenters. The van der Waals surface area contributed by atoms with Crippen molar-refractivity contribution in [3.63, 3.8) is 0 Å². The summed E-state index contributed by atoms with van der Waals surface area (Å²) in [5.74, 6) is 0. The Labute approximate surface area is 98.0 Å². The Bertz CT molecular complexity index is 519. The summed E-state index contributed by atoms with van der Waals surface area (Å²) in [4.78, 5) is -0.193. The van der Waals surface area contributed by atoms with E-state index in [1.807, 2.05) is 0 Å². The number of primary sulfonamides is 1. The fourth-order valence-electron chi connectivity index (χ4n) is 0.883.